The minimum Gasteiger partial charge on any atom is -0.349 e. The van der Waals surface area contributed by atoms with E-state index < -0.39 is 0 Å². The minimum absolute atomic E-state index is 0.00335. The molecule has 0 spiro atoms. The number of carbonyl (C=O) groups excluding carboxylic acids is 1. The fourth-order valence-corrected chi connectivity index (χ4v) is 4.16. The molecule has 6 heteroatoms. The highest BCUT2D eigenvalue weighted by Crippen LogP contribution is 2.15. The molecule has 0 fully saturated rings. The summed E-state index contributed by atoms with van der Waals surface area (Å²) in [7, 11) is 0. The van der Waals surface area contributed by atoms with Crippen molar-refractivity contribution in [2.24, 2.45) is 0 Å². The molecule has 2 heterocycles. The first-order chi connectivity index (χ1) is 14.6. The zero-order valence-corrected chi connectivity index (χ0v) is 17.8. The van der Waals surface area contributed by atoms with E-state index in [2.05, 4.69) is 57.0 Å². The third-order valence-electron chi connectivity index (χ3n) is 5.53. The standard InChI is InChI=1S/C24H29N5O/c1-18-12-19(2)14-21(13-18)17-28-9-8-22-26-27-23(29(22)11-10-28)16-25-24(30)15-20-6-4-3-5-7-20/h3-7,12-14H,8-11,15-17H2,1-2H3,(H,25,30). The van der Waals surface area contributed by atoms with E-state index in [1.54, 1.807) is 0 Å². The van der Waals surface area contributed by atoms with Gasteiger partial charge in [0.15, 0.2) is 5.82 Å². The lowest BCUT2D eigenvalue weighted by atomic mass is 10.1. The van der Waals surface area contributed by atoms with Gasteiger partial charge in [-0.1, -0.05) is 59.7 Å². The number of fused-ring (bicyclic) bond motifs is 1. The van der Waals surface area contributed by atoms with Crippen LogP contribution in [0.25, 0.3) is 0 Å². The molecule has 1 amide bonds. The van der Waals surface area contributed by atoms with Crippen LogP contribution in [0.15, 0.2) is 48.5 Å². The van der Waals surface area contributed by atoms with E-state index in [1.165, 1.54) is 16.7 Å². The summed E-state index contributed by atoms with van der Waals surface area (Å²) in [5.74, 6) is 1.84. The lowest BCUT2D eigenvalue weighted by molar-refractivity contribution is -0.120. The van der Waals surface area contributed by atoms with Crippen molar-refractivity contribution in [1.82, 2.24) is 25.0 Å². The Labute approximate surface area is 177 Å². The molecule has 4 rings (SSSR count). The third kappa shape index (κ3) is 5.13. The van der Waals surface area contributed by atoms with Crippen molar-refractivity contribution in [3.8, 4) is 0 Å². The molecule has 2 aromatic carbocycles. The second-order valence-corrected chi connectivity index (χ2v) is 8.15. The van der Waals surface area contributed by atoms with E-state index >= 15 is 0 Å². The van der Waals surface area contributed by atoms with Crippen LogP contribution in [-0.2, 0) is 37.3 Å². The molecule has 0 unspecified atom stereocenters. The molecule has 0 saturated heterocycles. The summed E-state index contributed by atoms with van der Waals surface area (Å²) >= 11 is 0. The van der Waals surface area contributed by atoms with E-state index in [0.29, 0.717) is 13.0 Å². The molecule has 0 bridgehead atoms. The minimum atomic E-state index is 0.00335. The fraction of sp³-hybridized carbons (Fsp3) is 0.375. The van der Waals surface area contributed by atoms with Gasteiger partial charge in [-0.3, -0.25) is 9.69 Å². The maximum Gasteiger partial charge on any atom is 0.224 e. The van der Waals surface area contributed by atoms with Gasteiger partial charge in [-0.15, -0.1) is 10.2 Å². The Morgan fingerprint density at radius 2 is 1.73 bits per heavy atom. The maximum atomic E-state index is 12.3. The average Bonchev–Trinajstić information content (AvgIpc) is 2.99. The molecule has 0 radical (unpaired) electrons. The van der Waals surface area contributed by atoms with Gasteiger partial charge in [0.25, 0.3) is 0 Å². The number of nitrogens with one attached hydrogen (secondary N) is 1. The number of hydrogen-bond donors (Lipinski definition) is 1. The normalized spacial score (nSPS) is 14.2. The van der Waals surface area contributed by atoms with Gasteiger partial charge in [0.05, 0.1) is 13.0 Å². The van der Waals surface area contributed by atoms with Crippen LogP contribution in [-0.4, -0.2) is 38.7 Å². The van der Waals surface area contributed by atoms with Gasteiger partial charge in [0, 0.05) is 32.6 Å². The summed E-state index contributed by atoms with van der Waals surface area (Å²) in [4.78, 5) is 14.7. The van der Waals surface area contributed by atoms with E-state index in [1.807, 2.05) is 30.3 Å². The lowest BCUT2D eigenvalue weighted by Crippen LogP contribution is -2.28. The van der Waals surface area contributed by atoms with Gasteiger partial charge in [0.2, 0.25) is 5.91 Å². The number of hydrogen-bond acceptors (Lipinski definition) is 4. The topological polar surface area (TPSA) is 63.1 Å². The van der Waals surface area contributed by atoms with Crippen LogP contribution in [0.3, 0.4) is 0 Å². The van der Waals surface area contributed by atoms with Crippen molar-refractivity contribution >= 4 is 5.91 Å². The third-order valence-corrected chi connectivity index (χ3v) is 5.53. The van der Waals surface area contributed by atoms with Gasteiger partial charge in [-0.2, -0.15) is 0 Å². The van der Waals surface area contributed by atoms with Crippen molar-refractivity contribution in [3.63, 3.8) is 0 Å². The molecule has 156 valence electrons. The molecular formula is C24H29N5O. The number of aromatic nitrogens is 3. The van der Waals surface area contributed by atoms with Crippen LogP contribution in [0.4, 0.5) is 0 Å². The van der Waals surface area contributed by atoms with Crippen molar-refractivity contribution in [1.29, 1.82) is 0 Å². The van der Waals surface area contributed by atoms with Crippen molar-refractivity contribution in [2.75, 3.05) is 13.1 Å². The molecule has 1 aromatic heterocycles. The zero-order valence-electron chi connectivity index (χ0n) is 17.8. The number of rotatable bonds is 6. The van der Waals surface area contributed by atoms with Crippen LogP contribution >= 0.6 is 0 Å². The van der Waals surface area contributed by atoms with Crippen LogP contribution < -0.4 is 5.32 Å². The average molecular weight is 404 g/mol. The Morgan fingerprint density at radius 3 is 2.50 bits per heavy atom. The number of aryl methyl sites for hydroxylation is 2. The molecule has 30 heavy (non-hydrogen) atoms. The van der Waals surface area contributed by atoms with Crippen molar-refractivity contribution < 1.29 is 4.79 Å². The molecule has 1 aliphatic rings. The molecule has 1 aliphatic heterocycles. The molecule has 3 aromatic rings. The Bertz CT molecular complexity index is 991. The van der Waals surface area contributed by atoms with Crippen molar-refractivity contribution in [2.45, 2.75) is 46.3 Å². The smallest absolute Gasteiger partial charge is 0.224 e. The van der Waals surface area contributed by atoms with Gasteiger partial charge in [-0.25, -0.2) is 0 Å². The summed E-state index contributed by atoms with van der Waals surface area (Å²) in [6.07, 6.45) is 1.25. The Kier molecular flexibility index (Phi) is 6.23. The molecule has 0 atom stereocenters. The van der Waals surface area contributed by atoms with Crippen molar-refractivity contribution in [3.05, 3.63) is 82.4 Å². The zero-order chi connectivity index (χ0) is 20.9. The number of amides is 1. The van der Waals surface area contributed by atoms with Gasteiger partial charge in [-0.05, 0) is 25.0 Å². The molecule has 1 N–H and O–H groups in total. The SMILES string of the molecule is Cc1cc(C)cc(CN2CCc3nnc(CNC(=O)Cc4ccccc4)n3CC2)c1. The second-order valence-electron chi connectivity index (χ2n) is 8.15. The van der Waals surface area contributed by atoms with Crippen LogP contribution in [0.1, 0.15) is 33.9 Å². The Hall–Kier alpha value is -2.99. The molecule has 0 saturated carbocycles. The monoisotopic (exact) mass is 403 g/mol. The van der Waals surface area contributed by atoms with E-state index in [9.17, 15) is 4.79 Å². The number of carbonyl (C=O) groups is 1. The first-order valence-corrected chi connectivity index (χ1v) is 10.6. The summed E-state index contributed by atoms with van der Waals surface area (Å²) in [6, 6.07) is 16.5. The predicted molar refractivity (Wildman–Crippen MR) is 117 cm³/mol. The maximum absolute atomic E-state index is 12.3. The fourth-order valence-electron chi connectivity index (χ4n) is 4.16. The second kappa shape index (κ2) is 9.22. The molecular weight excluding hydrogens is 374 g/mol. The van der Waals surface area contributed by atoms with Crippen LogP contribution in [0.5, 0.6) is 0 Å². The Balaban J connectivity index is 1.34. The number of benzene rings is 2. The van der Waals surface area contributed by atoms with E-state index in [-0.39, 0.29) is 5.91 Å². The first-order valence-electron chi connectivity index (χ1n) is 10.6. The summed E-state index contributed by atoms with van der Waals surface area (Å²) in [5.41, 5.74) is 4.99. The first kappa shape index (κ1) is 20.3. The predicted octanol–water partition coefficient (Wildman–Crippen LogP) is 2.81. The highest BCUT2D eigenvalue weighted by molar-refractivity contribution is 5.78. The van der Waals surface area contributed by atoms with Crippen LogP contribution in [0, 0.1) is 13.8 Å². The summed E-state index contributed by atoms with van der Waals surface area (Å²) < 4.78 is 2.17. The van der Waals surface area contributed by atoms with Gasteiger partial charge < -0.3 is 9.88 Å². The Morgan fingerprint density at radius 1 is 0.967 bits per heavy atom. The highest BCUT2D eigenvalue weighted by atomic mass is 16.1. The van der Waals surface area contributed by atoms with Gasteiger partial charge in [0.1, 0.15) is 5.82 Å². The number of nitrogens with zero attached hydrogens (tertiary/aromatic N) is 4. The van der Waals surface area contributed by atoms with Gasteiger partial charge >= 0.3 is 0 Å². The highest BCUT2D eigenvalue weighted by Gasteiger charge is 2.19. The quantitative estimate of drug-likeness (QED) is 0.688. The molecule has 0 aliphatic carbocycles. The summed E-state index contributed by atoms with van der Waals surface area (Å²) in [5, 5.41) is 11.7. The van der Waals surface area contributed by atoms with Crippen LogP contribution in [0.2, 0.25) is 0 Å². The van der Waals surface area contributed by atoms with E-state index in [0.717, 1.165) is 49.8 Å². The molecule has 6 nitrogen and oxygen atoms in total. The summed E-state index contributed by atoms with van der Waals surface area (Å²) in [6.45, 7) is 8.42. The largest absolute Gasteiger partial charge is 0.349 e. The lowest BCUT2D eigenvalue weighted by Gasteiger charge is -2.20. The van der Waals surface area contributed by atoms with E-state index in [4.69, 9.17) is 0 Å².